The van der Waals surface area contributed by atoms with Crippen LogP contribution >= 0.6 is 0 Å². The van der Waals surface area contributed by atoms with Crippen molar-refractivity contribution in [2.45, 2.75) is 70.9 Å². The molecule has 2 heteroatoms. The summed E-state index contributed by atoms with van der Waals surface area (Å²) in [6.07, 6.45) is 8.47. The maximum absolute atomic E-state index is 13.7. The van der Waals surface area contributed by atoms with E-state index in [1.54, 1.807) is 0 Å². The van der Waals surface area contributed by atoms with Crippen molar-refractivity contribution < 1.29 is 4.39 Å². The van der Waals surface area contributed by atoms with Crippen LogP contribution < -0.4 is 5.73 Å². The summed E-state index contributed by atoms with van der Waals surface area (Å²) in [6.45, 7) is 4.26. The zero-order chi connectivity index (χ0) is 10.9. The van der Waals surface area contributed by atoms with E-state index in [1.165, 1.54) is 25.7 Å². The molecule has 0 heterocycles. The first kappa shape index (κ1) is 13.9. The van der Waals surface area contributed by atoms with Gasteiger partial charge in [-0.05, 0) is 12.8 Å². The predicted molar refractivity (Wildman–Crippen MR) is 61.2 cm³/mol. The topological polar surface area (TPSA) is 26.0 Å². The molecule has 0 aromatic heterocycles. The third-order valence-corrected chi connectivity index (χ3v) is 2.98. The summed E-state index contributed by atoms with van der Waals surface area (Å²) in [5.74, 6) is 0. The van der Waals surface area contributed by atoms with Gasteiger partial charge in [0.25, 0.3) is 0 Å². The molecule has 0 aromatic rings. The second kappa shape index (κ2) is 8.22. The van der Waals surface area contributed by atoms with Crippen LogP contribution in [-0.4, -0.2) is 12.2 Å². The van der Waals surface area contributed by atoms with E-state index < -0.39 is 5.67 Å². The first-order chi connectivity index (χ1) is 6.68. The number of rotatable bonds is 9. The van der Waals surface area contributed by atoms with Gasteiger partial charge in [-0.25, -0.2) is 4.39 Å². The molecule has 0 rings (SSSR count). The highest BCUT2D eigenvalue weighted by atomic mass is 19.1. The van der Waals surface area contributed by atoms with E-state index in [2.05, 4.69) is 6.92 Å². The van der Waals surface area contributed by atoms with E-state index in [1.807, 2.05) is 6.92 Å². The summed E-state index contributed by atoms with van der Waals surface area (Å²) >= 11 is 0. The lowest BCUT2D eigenvalue weighted by atomic mass is 9.95. The third kappa shape index (κ3) is 6.36. The van der Waals surface area contributed by atoms with Crippen molar-refractivity contribution in [3.63, 3.8) is 0 Å². The van der Waals surface area contributed by atoms with Gasteiger partial charge in [-0.1, -0.05) is 52.4 Å². The first-order valence-electron chi connectivity index (χ1n) is 6.07. The minimum atomic E-state index is -1.09. The Morgan fingerprint density at radius 1 is 1.00 bits per heavy atom. The molecule has 0 saturated heterocycles. The summed E-state index contributed by atoms with van der Waals surface area (Å²) in [6, 6.07) is 0. The molecular weight excluding hydrogens is 177 g/mol. The van der Waals surface area contributed by atoms with E-state index in [-0.39, 0.29) is 6.54 Å². The fraction of sp³-hybridized carbons (Fsp3) is 1.00. The van der Waals surface area contributed by atoms with Gasteiger partial charge in [-0.3, -0.25) is 0 Å². The Morgan fingerprint density at radius 2 is 1.57 bits per heavy atom. The Labute approximate surface area is 88.3 Å². The standard InChI is InChI=1S/C12H26FN/c1-3-5-6-7-8-9-10-12(13,4-2)11-14/h3-11,14H2,1-2H3. The van der Waals surface area contributed by atoms with Crippen LogP contribution in [0.4, 0.5) is 4.39 Å². The van der Waals surface area contributed by atoms with Gasteiger partial charge in [-0.2, -0.15) is 0 Å². The molecule has 0 aliphatic heterocycles. The molecule has 0 bridgehead atoms. The molecule has 1 nitrogen and oxygen atoms in total. The molecule has 0 radical (unpaired) electrons. The van der Waals surface area contributed by atoms with Crippen molar-refractivity contribution in [1.82, 2.24) is 0 Å². The highest BCUT2D eigenvalue weighted by Crippen LogP contribution is 2.22. The highest BCUT2D eigenvalue weighted by Gasteiger charge is 2.24. The Hall–Kier alpha value is -0.110. The van der Waals surface area contributed by atoms with Crippen LogP contribution in [0.5, 0.6) is 0 Å². The predicted octanol–water partition coefficient (Wildman–Crippen LogP) is 3.81. The van der Waals surface area contributed by atoms with Crippen LogP contribution in [0.25, 0.3) is 0 Å². The van der Waals surface area contributed by atoms with Gasteiger partial charge >= 0.3 is 0 Å². The van der Waals surface area contributed by atoms with E-state index in [0.717, 1.165) is 12.8 Å². The van der Waals surface area contributed by atoms with Gasteiger partial charge in [0, 0.05) is 6.54 Å². The molecule has 1 atom stereocenters. The van der Waals surface area contributed by atoms with Gasteiger partial charge in [0.2, 0.25) is 0 Å². The number of unbranched alkanes of at least 4 members (excludes halogenated alkanes) is 5. The van der Waals surface area contributed by atoms with E-state index in [4.69, 9.17) is 5.73 Å². The minimum Gasteiger partial charge on any atom is -0.328 e. The van der Waals surface area contributed by atoms with Gasteiger partial charge in [-0.15, -0.1) is 0 Å². The number of hydrogen-bond acceptors (Lipinski definition) is 1. The molecule has 0 spiro atoms. The normalized spacial score (nSPS) is 15.4. The monoisotopic (exact) mass is 203 g/mol. The summed E-state index contributed by atoms with van der Waals surface area (Å²) in [5, 5.41) is 0. The Morgan fingerprint density at radius 3 is 2.07 bits per heavy atom. The van der Waals surface area contributed by atoms with Crippen molar-refractivity contribution >= 4 is 0 Å². The molecule has 0 aliphatic carbocycles. The molecule has 0 fully saturated rings. The van der Waals surface area contributed by atoms with Crippen molar-refractivity contribution in [1.29, 1.82) is 0 Å². The van der Waals surface area contributed by atoms with Gasteiger partial charge < -0.3 is 5.73 Å². The fourth-order valence-electron chi connectivity index (χ4n) is 1.65. The lowest BCUT2D eigenvalue weighted by molar-refractivity contribution is 0.149. The quantitative estimate of drug-likeness (QED) is 0.566. The molecule has 86 valence electrons. The van der Waals surface area contributed by atoms with Crippen LogP contribution in [0.1, 0.15) is 65.2 Å². The van der Waals surface area contributed by atoms with E-state index in [9.17, 15) is 4.39 Å². The maximum atomic E-state index is 13.7. The number of hydrogen-bond donors (Lipinski definition) is 1. The average molecular weight is 203 g/mol. The summed E-state index contributed by atoms with van der Waals surface area (Å²) < 4.78 is 13.7. The third-order valence-electron chi connectivity index (χ3n) is 2.98. The highest BCUT2D eigenvalue weighted by molar-refractivity contribution is 4.77. The molecule has 14 heavy (non-hydrogen) atoms. The first-order valence-corrected chi connectivity index (χ1v) is 6.07. The van der Waals surface area contributed by atoms with Gasteiger partial charge in [0.1, 0.15) is 5.67 Å². The fourth-order valence-corrected chi connectivity index (χ4v) is 1.65. The lowest BCUT2D eigenvalue weighted by Gasteiger charge is -2.21. The Bertz CT molecular complexity index is 121. The zero-order valence-electron chi connectivity index (χ0n) is 9.82. The SMILES string of the molecule is CCCCCCCCC(F)(CC)CN. The van der Waals surface area contributed by atoms with Crippen molar-refractivity contribution in [3.05, 3.63) is 0 Å². The molecule has 1 unspecified atom stereocenters. The molecule has 0 amide bonds. The van der Waals surface area contributed by atoms with E-state index >= 15 is 0 Å². The minimum absolute atomic E-state index is 0.179. The number of halogens is 1. The molecule has 2 N–H and O–H groups in total. The largest absolute Gasteiger partial charge is 0.328 e. The molecule has 0 aromatic carbocycles. The van der Waals surface area contributed by atoms with Crippen molar-refractivity contribution in [2.75, 3.05) is 6.54 Å². The van der Waals surface area contributed by atoms with Crippen LogP contribution in [-0.2, 0) is 0 Å². The van der Waals surface area contributed by atoms with Crippen LogP contribution in [0.2, 0.25) is 0 Å². The van der Waals surface area contributed by atoms with Crippen molar-refractivity contribution in [2.24, 2.45) is 5.73 Å². The van der Waals surface area contributed by atoms with Crippen molar-refractivity contribution in [3.8, 4) is 0 Å². The smallest absolute Gasteiger partial charge is 0.122 e. The summed E-state index contributed by atoms with van der Waals surface area (Å²) in [4.78, 5) is 0. The van der Waals surface area contributed by atoms with Gasteiger partial charge in [0.15, 0.2) is 0 Å². The molecule has 0 saturated carbocycles. The Balaban J connectivity index is 3.34. The Kier molecular flexibility index (Phi) is 8.15. The lowest BCUT2D eigenvalue weighted by Crippen LogP contribution is -2.32. The number of alkyl halides is 1. The second-order valence-electron chi connectivity index (χ2n) is 4.23. The average Bonchev–Trinajstić information content (AvgIpc) is 2.23. The maximum Gasteiger partial charge on any atom is 0.122 e. The second-order valence-corrected chi connectivity index (χ2v) is 4.23. The molecule has 0 aliphatic rings. The van der Waals surface area contributed by atoms with E-state index in [0.29, 0.717) is 12.8 Å². The van der Waals surface area contributed by atoms with Gasteiger partial charge in [0.05, 0.1) is 0 Å². The number of nitrogens with two attached hydrogens (primary N) is 1. The summed E-state index contributed by atoms with van der Waals surface area (Å²) in [7, 11) is 0. The molecular formula is C12H26FN. The van der Waals surface area contributed by atoms with Crippen LogP contribution in [0.3, 0.4) is 0 Å². The summed E-state index contributed by atoms with van der Waals surface area (Å²) in [5.41, 5.74) is 4.31. The van der Waals surface area contributed by atoms with Crippen LogP contribution in [0.15, 0.2) is 0 Å². The zero-order valence-corrected chi connectivity index (χ0v) is 9.82. The van der Waals surface area contributed by atoms with Crippen LogP contribution in [0, 0.1) is 0 Å².